The van der Waals surface area contributed by atoms with E-state index in [9.17, 15) is 19.5 Å². The summed E-state index contributed by atoms with van der Waals surface area (Å²) in [5.41, 5.74) is 0.533. The van der Waals surface area contributed by atoms with E-state index >= 15 is 0 Å². The monoisotopic (exact) mass is 609 g/mol. The van der Waals surface area contributed by atoms with Crippen molar-refractivity contribution in [1.82, 2.24) is 9.80 Å². The minimum atomic E-state index is -0.847. The smallest absolute Gasteiger partial charge is 0.251 e. The van der Waals surface area contributed by atoms with Gasteiger partial charge >= 0.3 is 0 Å². The highest BCUT2D eigenvalue weighted by molar-refractivity contribution is 9.09. The third kappa shape index (κ3) is 4.66. The number of anilines is 1. The van der Waals surface area contributed by atoms with Crippen molar-refractivity contribution >= 4 is 62.7 Å². The van der Waals surface area contributed by atoms with E-state index in [0.29, 0.717) is 30.2 Å². The minimum Gasteiger partial charge on any atom is -0.395 e. The van der Waals surface area contributed by atoms with E-state index in [2.05, 4.69) is 29.1 Å². The Bertz CT molecular complexity index is 1090. The van der Waals surface area contributed by atoms with E-state index in [4.69, 9.17) is 11.6 Å². The van der Waals surface area contributed by atoms with E-state index in [1.54, 1.807) is 58.0 Å². The number of carbonyl (C=O) groups excluding carboxylic acids is 3. The zero-order chi connectivity index (χ0) is 26.9. The van der Waals surface area contributed by atoms with Crippen LogP contribution in [0.15, 0.2) is 49.6 Å². The molecule has 200 valence electrons. The Morgan fingerprint density at radius 2 is 1.97 bits per heavy atom. The van der Waals surface area contributed by atoms with Gasteiger partial charge in [0, 0.05) is 36.3 Å². The summed E-state index contributed by atoms with van der Waals surface area (Å²) >= 11 is 11.9. The molecule has 3 amide bonds. The first-order valence-electron chi connectivity index (χ1n) is 12.6. The van der Waals surface area contributed by atoms with Gasteiger partial charge in [-0.15, -0.1) is 24.9 Å². The zero-order valence-corrected chi connectivity index (χ0v) is 24.1. The van der Waals surface area contributed by atoms with Gasteiger partial charge in [0.2, 0.25) is 11.8 Å². The van der Waals surface area contributed by atoms with Gasteiger partial charge in [0.05, 0.1) is 33.9 Å². The fraction of sp³-hybridized carbons (Fsp3) is 0.519. The number of halogens is 2. The minimum absolute atomic E-state index is 0.0162. The average Bonchev–Trinajstić information content (AvgIpc) is 3.46. The maximum Gasteiger partial charge on any atom is 0.251 e. The summed E-state index contributed by atoms with van der Waals surface area (Å²) in [7, 11) is 0. The Hall–Kier alpha value is -1.81. The van der Waals surface area contributed by atoms with Crippen LogP contribution in [0.5, 0.6) is 0 Å². The van der Waals surface area contributed by atoms with E-state index in [1.165, 1.54) is 4.90 Å². The molecule has 0 aromatic heterocycles. The van der Waals surface area contributed by atoms with Crippen LogP contribution in [0.1, 0.15) is 19.8 Å². The van der Waals surface area contributed by atoms with Crippen molar-refractivity contribution in [2.45, 2.75) is 40.6 Å². The maximum absolute atomic E-state index is 14.4. The lowest BCUT2D eigenvalue weighted by Gasteiger charge is -2.38. The molecule has 3 aliphatic heterocycles. The van der Waals surface area contributed by atoms with Crippen molar-refractivity contribution in [3.05, 3.63) is 54.6 Å². The first-order chi connectivity index (χ1) is 17.8. The average molecular weight is 611 g/mol. The Balaban J connectivity index is 1.79. The van der Waals surface area contributed by atoms with Crippen LogP contribution in [0, 0.1) is 11.8 Å². The van der Waals surface area contributed by atoms with Crippen molar-refractivity contribution in [3.63, 3.8) is 0 Å². The molecule has 0 saturated carbocycles. The molecule has 3 fully saturated rings. The van der Waals surface area contributed by atoms with Crippen LogP contribution in [0.2, 0.25) is 5.02 Å². The number of alkyl halides is 1. The second-order valence-electron chi connectivity index (χ2n) is 9.68. The first kappa shape index (κ1) is 28.2. The predicted octanol–water partition coefficient (Wildman–Crippen LogP) is 3.74. The molecule has 3 unspecified atom stereocenters. The number of aliphatic hydroxyl groups is 1. The summed E-state index contributed by atoms with van der Waals surface area (Å²) in [5, 5.41) is 10.2. The number of hydrogen-bond acceptors (Lipinski definition) is 5. The summed E-state index contributed by atoms with van der Waals surface area (Å²) < 4.78 is -0.796. The molecule has 6 atom stereocenters. The summed E-state index contributed by atoms with van der Waals surface area (Å²) in [6.45, 7) is 10.5. The van der Waals surface area contributed by atoms with E-state index in [-0.39, 0.29) is 47.5 Å². The maximum atomic E-state index is 14.4. The molecule has 1 N–H and O–H groups in total. The highest BCUT2D eigenvalue weighted by Crippen LogP contribution is 2.68. The molecule has 4 rings (SSSR count). The van der Waals surface area contributed by atoms with Gasteiger partial charge in [-0.05, 0) is 25.0 Å². The zero-order valence-electron chi connectivity index (χ0n) is 20.9. The van der Waals surface area contributed by atoms with Crippen molar-refractivity contribution < 1.29 is 19.5 Å². The molecule has 10 heteroatoms. The van der Waals surface area contributed by atoms with E-state index in [0.717, 1.165) is 6.42 Å². The summed E-state index contributed by atoms with van der Waals surface area (Å²) in [5.74, 6) is -1.81. The lowest BCUT2D eigenvalue weighted by atomic mass is 9.70. The summed E-state index contributed by atoms with van der Waals surface area (Å²) in [6, 6.07) is 6.23. The highest BCUT2D eigenvalue weighted by Gasteiger charge is 2.76. The standard InChI is InChI=1S/C27H33BrClN3O4S/c1-4-11-30(12-5-2)24(34)20-21-25(35)32(14-15-33)23(27(21)16-17(28)22(20)37-27)26(36)31(13-6-3)19-10-8-7-9-18(19)29/h4,6-10,17,20-23,33H,1,3,5,11-16H2,2H3/t17?,20-,21+,22-,23?,27?/m1/s1. The van der Waals surface area contributed by atoms with Crippen LogP contribution in [0.3, 0.4) is 0 Å². The number of benzene rings is 1. The number of fused-ring (bicyclic) bond motifs is 1. The van der Waals surface area contributed by atoms with Gasteiger partial charge in [0.1, 0.15) is 6.04 Å². The molecule has 37 heavy (non-hydrogen) atoms. The fourth-order valence-corrected chi connectivity index (χ4v) is 10.1. The molecule has 1 aromatic rings. The lowest BCUT2D eigenvalue weighted by molar-refractivity contribution is -0.144. The van der Waals surface area contributed by atoms with Crippen molar-refractivity contribution in [1.29, 1.82) is 0 Å². The van der Waals surface area contributed by atoms with Crippen LogP contribution in [-0.2, 0) is 14.4 Å². The van der Waals surface area contributed by atoms with E-state index < -0.39 is 22.6 Å². The number of carbonyl (C=O) groups is 3. The number of para-hydroxylation sites is 1. The number of nitrogens with zero attached hydrogens (tertiary/aromatic N) is 3. The van der Waals surface area contributed by atoms with Crippen molar-refractivity contribution in [2.24, 2.45) is 11.8 Å². The Morgan fingerprint density at radius 3 is 2.59 bits per heavy atom. The molecule has 2 bridgehead atoms. The third-order valence-electron chi connectivity index (χ3n) is 7.52. The Morgan fingerprint density at radius 1 is 1.27 bits per heavy atom. The van der Waals surface area contributed by atoms with E-state index in [1.807, 2.05) is 6.92 Å². The normalized spacial score (nSPS) is 29.8. The van der Waals surface area contributed by atoms with Gasteiger partial charge in [0.25, 0.3) is 5.91 Å². The van der Waals surface area contributed by atoms with Gasteiger partial charge in [-0.2, -0.15) is 0 Å². The van der Waals surface area contributed by atoms with Crippen LogP contribution in [-0.4, -0.2) is 86.3 Å². The number of rotatable bonds is 11. The van der Waals surface area contributed by atoms with Gasteiger partial charge in [0.15, 0.2) is 0 Å². The van der Waals surface area contributed by atoms with Crippen LogP contribution in [0.25, 0.3) is 0 Å². The molecular formula is C27H33BrClN3O4S. The highest BCUT2D eigenvalue weighted by atomic mass is 79.9. The molecule has 3 saturated heterocycles. The molecule has 7 nitrogen and oxygen atoms in total. The fourth-order valence-electron chi connectivity index (χ4n) is 6.22. The number of amides is 3. The number of β-amino-alcohol motifs (C(OH)–C–C–N with tert-alkyl or cyclic N) is 1. The number of likely N-dealkylation sites (tertiary alicyclic amines) is 1. The van der Waals surface area contributed by atoms with Gasteiger partial charge in [-0.25, -0.2) is 0 Å². The number of hydrogen-bond donors (Lipinski definition) is 1. The quantitative estimate of drug-likeness (QED) is 0.305. The van der Waals surface area contributed by atoms with Crippen molar-refractivity contribution in [2.75, 3.05) is 37.7 Å². The van der Waals surface area contributed by atoms with Gasteiger partial charge in [-0.1, -0.05) is 58.7 Å². The predicted molar refractivity (Wildman–Crippen MR) is 152 cm³/mol. The molecule has 3 heterocycles. The third-order valence-corrected chi connectivity index (χ3v) is 11.1. The second kappa shape index (κ2) is 11.5. The molecule has 0 aliphatic carbocycles. The van der Waals surface area contributed by atoms with Crippen LogP contribution < -0.4 is 4.90 Å². The topological polar surface area (TPSA) is 81.2 Å². The largest absolute Gasteiger partial charge is 0.395 e. The summed E-state index contributed by atoms with van der Waals surface area (Å²) in [6.07, 6.45) is 4.69. The summed E-state index contributed by atoms with van der Waals surface area (Å²) in [4.78, 5) is 47.0. The SMILES string of the molecule is C=CCN(CCC)C(=O)[C@H]1[C@@H]2SC3(CC2Br)C(C(=O)N(CC=C)c2ccccc2Cl)N(CCO)C(=O)[C@H]13. The lowest BCUT2D eigenvalue weighted by Crippen LogP contribution is -2.56. The molecule has 0 radical (unpaired) electrons. The first-order valence-corrected chi connectivity index (χ1v) is 14.7. The Kier molecular flexibility index (Phi) is 8.78. The van der Waals surface area contributed by atoms with Crippen LogP contribution >= 0.6 is 39.3 Å². The second-order valence-corrected chi connectivity index (χ2v) is 12.8. The Labute approximate surface area is 236 Å². The number of thioether (sulfide) groups is 1. The van der Waals surface area contributed by atoms with Gasteiger partial charge in [-0.3, -0.25) is 14.4 Å². The molecule has 1 spiro atoms. The molecular weight excluding hydrogens is 578 g/mol. The number of aliphatic hydroxyl groups excluding tert-OH is 1. The molecule has 1 aromatic carbocycles. The van der Waals surface area contributed by atoms with Crippen molar-refractivity contribution in [3.8, 4) is 0 Å². The van der Waals surface area contributed by atoms with Crippen LogP contribution in [0.4, 0.5) is 5.69 Å². The molecule has 3 aliphatic rings. The van der Waals surface area contributed by atoms with Gasteiger partial charge < -0.3 is 19.8 Å².